The quantitative estimate of drug-likeness (QED) is 0.666. The lowest BCUT2D eigenvalue weighted by Gasteiger charge is -2.25. The third kappa shape index (κ3) is 3.83. The number of nitrogens with one attached hydrogen (secondary N) is 3. The molecule has 1 atom stereocenters. The van der Waals surface area contributed by atoms with Gasteiger partial charge in [-0.25, -0.2) is 14.0 Å². The van der Waals surface area contributed by atoms with Gasteiger partial charge in [0.15, 0.2) is 0 Å². The van der Waals surface area contributed by atoms with E-state index in [1.165, 1.54) is 24.3 Å². The van der Waals surface area contributed by atoms with Crippen LogP contribution >= 0.6 is 0 Å². The molecule has 9 heteroatoms. The van der Waals surface area contributed by atoms with Gasteiger partial charge in [0, 0.05) is 6.04 Å². The van der Waals surface area contributed by atoms with Crippen molar-refractivity contribution in [3.05, 3.63) is 35.6 Å². The van der Waals surface area contributed by atoms with Gasteiger partial charge in [0.05, 0.1) is 0 Å². The van der Waals surface area contributed by atoms with Gasteiger partial charge in [-0.15, -0.1) is 0 Å². The summed E-state index contributed by atoms with van der Waals surface area (Å²) < 4.78 is 13.2. The van der Waals surface area contributed by atoms with E-state index in [1.54, 1.807) is 6.92 Å². The summed E-state index contributed by atoms with van der Waals surface area (Å²) in [5, 5.41) is 7.46. The predicted octanol–water partition coefficient (Wildman–Crippen LogP) is 1.75. The Balaban J connectivity index is 1.66. The Morgan fingerprint density at radius 2 is 1.86 bits per heavy atom. The molecule has 6 amide bonds. The Morgan fingerprint density at radius 1 is 1.21 bits per heavy atom. The largest absolute Gasteiger partial charge is 0.335 e. The van der Waals surface area contributed by atoms with Crippen molar-refractivity contribution in [3.8, 4) is 0 Å². The minimum absolute atomic E-state index is 0.0377. The molecule has 150 valence electrons. The second kappa shape index (κ2) is 7.95. The summed E-state index contributed by atoms with van der Waals surface area (Å²) in [5.41, 5.74) is -0.936. The third-order valence-electron chi connectivity index (χ3n) is 5.29. The van der Waals surface area contributed by atoms with Crippen LogP contribution in [0.15, 0.2) is 24.3 Å². The van der Waals surface area contributed by atoms with Crippen LogP contribution in [-0.2, 0) is 15.1 Å². The van der Waals surface area contributed by atoms with E-state index in [9.17, 15) is 23.6 Å². The molecule has 8 nitrogen and oxygen atoms in total. The van der Waals surface area contributed by atoms with Crippen LogP contribution in [0.3, 0.4) is 0 Å². The summed E-state index contributed by atoms with van der Waals surface area (Å²) in [5.74, 6) is -1.83. The zero-order valence-corrected chi connectivity index (χ0v) is 15.6. The molecule has 1 heterocycles. The molecule has 1 saturated carbocycles. The summed E-state index contributed by atoms with van der Waals surface area (Å²) in [6.07, 6.45) is 4.02. The van der Waals surface area contributed by atoms with Crippen LogP contribution in [-0.4, -0.2) is 41.4 Å². The van der Waals surface area contributed by atoms with Crippen molar-refractivity contribution in [1.29, 1.82) is 0 Å². The third-order valence-corrected chi connectivity index (χ3v) is 5.29. The molecule has 0 unspecified atom stereocenters. The first-order valence-corrected chi connectivity index (χ1v) is 9.36. The topological polar surface area (TPSA) is 108 Å². The minimum atomic E-state index is -1.36. The molecular weight excluding hydrogens is 367 g/mol. The van der Waals surface area contributed by atoms with Crippen LogP contribution in [0.5, 0.6) is 0 Å². The molecule has 3 rings (SSSR count). The number of nitrogens with zero attached hydrogens (tertiary/aromatic N) is 1. The number of amides is 6. The van der Waals surface area contributed by atoms with Gasteiger partial charge in [-0.05, 0) is 37.0 Å². The first-order valence-electron chi connectivity index (χ1n) is 9.36. The molecule has 3 N–H and O–H groups in total. The summed E-state index contributed by atoms with van der Waals surface area (Å²) in [6, 6.07) is 3.93. The van der Waals surface area contributed by atoms with Gasteiger partial charge in [-0.2, -0.15) is 0 Å². The molecule has 0 radical (unpaired) electrons. The highest BCUT2D eigenvalue weighted by Gasteiger charge is 2.51. The lowest BCUT2D eigenvalue weighted by atomic mass is 9.87. The Hall–Kier alpha value is -2.97. The second-order valence-electron chi connectivity index (χ2n) is 7.09. The highest BCUT2D eigenvalue weighted by Crippen LogP contribution is 2.32. The molecule has 0 spiro atoms. The number of benzene rings is 1. The van der Waals surface area contributed by atoms with Crippen molar-refractivity contribution in [1.82, 2.24) is 20.9 Å². The van der Waals surface area contributed by atoms with E-state index in [2.05, 4.69) is 16.0 Å². The number of rotatable bonds is 5. The number of carbonyl (C=O) groups is 4. The Morgan fingerprint density at radius 3 is 2.46 bits per heavy atom. The molecular formula is C19H23FN4O4. The van der Waals surface area contributed by atoms with Crippen molar-refractivity contribution in [2.45, 2.75) is 50.6 Å². The molecule has 0 bridgehead atoms. The number of hydrogen-bond donors (Lipinski definition) is 3. The molecule has 1 aromatic carbocycles. The molecule has 1 aliphatic carbocycles. The average molecular weight is 390 g/mol. The molecule has 0 aromatic heterocycles. The van der Waals surface area contributed by atoms with Crippen molar-refractivity contribution >= 4 is 23.9 Å². The zero-order chi connectivity index (χ0) is 20.3. The van der Waals surface area contributed by atoms with Crippen molar-refractivity contribution in [2.75, 3.05) is 6.54 Å². The first kappa shape index (κ1) is 19.8. The van der Waals surface area contributed by atoms with Gasteiger partial charge < -0.3 is 10.6 Å². The highest BCUT2D eigenvalue weighted by molar-refractivity contribution is 6.10. The van der Waals surface area contributed by atoms with Gasteiger partial charge in [0.1, 0.15) is 17.9 Å². The van der Waals surface area contributed by atoms with Crippen molar-refractivity contribution in [3.63, 3.8) is 0 Å². The predicted molar refractivity (Wildman–Crippen MR) is 97.5 cm³/mol. The van der Waals surface area contributed by atoms with Gasteiger partial charge in [-0.3, -0.25) is 19.8 Å². The number of hydrogen-bond acceptors (Lipinski definition) is 4. The van der Waals surface area contributed by atoms with Crippen LogP contribution in [0.4, 0.5) is 14.0 Å². The fraction of sp³-hybridized carbons (Fsp3) is 0.474. The average Bonchev–Trinajstić information content (AvgIpc) is 3.24. The molecule has 1 saturated heterocycles. The normalized spacial score (nSPS) is 22.3. The molecule has 2 aliphatic rings. The Bertz CT molecular complexity index is 792. The summed E-state index contributed by atoms with van der Waals surface area (Å²) >= 11 is 0. The molecule has 2 fully saturated rings. The van der Waals surface area contributed by atoms with E-state index in [-0.39, 0.29) is 12.5 Å². The van der Waals surface area contributed by atoms with Crippen LogP contribution in [0.2, 0.25) is 0 Å². The van der Waals surface area contributed by atoms with Crippen molar-refractivity contribution < 1.29 is 23.6 Å². The van der Waals surface area contributed by atoms with Gasteiger partial charge in [0.25, 0.3) is 5.91 Å². The number of carbonyl (C=O) groups excluding carboxylic acids is 4. The highest BCUT2D eigenvalue weighted by atomic mass is 19.1. The summed E-state index contributed by atoms with van der Waals surface area (Å²) in [4.78, 5) is 50.1. The van der Waals surface area contributed by atoms with E-state index in [0.717, 1.165) is 30.6 Å². The van der Waals surface area contributed by atoms with Crippen LogP contribution in [0.25, 0.3) is 0 Å². The fourth-order valence-electron chi connectivity index (χ4n) is 3.74. The standard InChI is InChI=1S/C19H23FN4O4/c1-2-19(12-7-9-13(20)10-8-12)16(26)24(18(28)23-19)11-15(25)22-17(27)21-14-5-3-4-6-14/h7-10,14H,2-6,11H2,1H3,(H,23,28)(H2,21,22,25,27)/t19-/m0/s1. The number of urea groups is 2. The smallest absolute Gasteiger partial charge is 0.325 e. The molecule has 1 aromatic rings. The van der Waals surface area contributed by atoms with E-state index in [1.807, 2.05) is 0 Å². The number of halogens is 1. The van der Waals surface area contributed by atoms with Crippen LogP contribution < -0.4 is 16.0 Å². The maximum absolute atomic E-state index is 13.2. The fourth-order valence-corrected chi connectivity index (χ4v) is 3.74. The summed E-state index contributed by atoms with van der Waals surface area (Å²) in [7, 11) is 0. The van der Waals surface area contributed by atoms with E-state index >= 15 is 0 Å². The Kier molecular flexibility index (Phi) is 5.62. The lowest BCUT2D eigenvalue weighted by Crippen LogP contribution is -2.48. The maximum Gasteiger partial charge on any atom is 0.325 e. The monoisotopic (exact) mass is 390 g/mol. The van der Waals surface area contributed by atoms with Gasteiger partial charge in [0.2, 0.25) is 5.91 Å². The zero-order valence-electron chi connectivity index (χ0n) is 15.6. The van der Waals surface area contributed by atoms with E-state index in [0.29, 0.717) is 5.56 Å². The lowest BCUT2D eigenvalue weighted by molar-refractivity contribution is -0.135. The number of imide groups is 2. The van der Waals surface area contributed by atoms with Crippen LogP contribution in [0.1, 0.15) is 44.6 Å². The molecule has 1 aliphatic heterocycles. The summed E-state index contributed by atoms with van der Waals surface area (Å²) in [6.45, 7) is 1.13. The molecule has 28 heavy (non-hydrogen) atoms. The second-order valence-corrected chi connectivity index (χ2v) is 7.09. The van der Waals surface area contributed by atoms with E-state index < -0.39 is 41.8 Å². The Labute approximate surface area is 161 Å². The van der Waals surface area contributed by atoms with Gasteiger partial charge in [-0.1, -0.05) is 31.9 Å². The minimum Gasteiger partial charge on any atom is -0.335 e. The van der Waals surface area contributed by atoms with Crippen molar-refractivity contribution in [2.24, 2.45) is 0 Å². The van der Waals surface area contributed by atoms with Crippen LogP contribution in [0, 0.1) is 5.82 Å². The van der Waals surface area contributed by atoms with Gasteiger partial charge >= 0.3 is 12.1 Å². The maximum atomic E-state index is 13.2. The first-order chi connectivity index (χ1) is 13.4. The van der Waals surface area contributed by atoms with E-state index in [4.69, 9.17) is 0 Å². The SMILES string of the molecule is CC[C@@]1(c2ccc(F)cc2)NC(=O)N(CC(=O)NC(=O)NC2CCCC2)C1=O.